The predicted octanol–water partition coefficient (Wildman–Crippen LogP) is 2.65. The maximum absolute atomic E-state index is 14.7. The van der Waals surface area contributed by atoms with Gasteiger partial charge in [0, 0.05) is 25.2 Å². The Morgan fingerprint density at radius 1 is 1.18 bits per heavy atom. The third kappa shape index (κ3) is 3.40. The van der Waals surface area contributed by atoms with E-state index in [1.807, 2.05) is 0 Å². The molecule has 1 saturated heterocycles. The van der Waals surface area contributed by atoms with Gasteiger partial charge in [-0.3, -0.25) is 9.69 Å². The number of carbonyl (C=O) groups excluding carboxylic acids is 2. The maximum Gasteiger partial charge on any atom is 0.414 e. The number of aromatic nitrogens is 1. The van der Waals surface area contributed by atoms with Gasteiger partial charge in [0.2, 0.25) is 0 Å². The van der Waals surface area contributed by atoms with Crippen LogP contribution in [0.3, 0.4) is 0 Å². The average Bonchev–Trinajstić information content (AvgIpc) is 3.33. The number of ether oxygens (including phenoxy) is 2. The number of rotatable bonds is 5. The smallest absolute Gasteiger partial charge is 0.414 e. The summed E-state index contributed by atoms with van der Waals surface area (Å²) in [5, 5.41) is 3.57. The fourth-order valence-electron chi connectivity index (χ4n) is 2.98. The molecule has 2 aliphatic rings. The van der Waals surface area contributed by atoms with Crippen molar-refractivity contribution in [3.8, 4) is 5.88 Å². The molecule has 146 valence electrons. The Labute approximate surface area is 157 Å². The molecule has 1 amide bonds. The van der Waals surface area contributed by atoms with Gasteiger partial charge in [0.15, 0.2) is 23.5 Å². The molecule has 2 aromatic rings. The first kappa shape index (κ1) is 18.0. The molecule has 10 heteroatoms. The highest BCUT2D eigenvalue weighted by Gasteiger charge is 2.35. The molecule has 1 atom stereocenters. The minimum Gasteiger partial charge on any atom is -0.471 e. The van der Waals surface area contributed by atoms with Crippen molar-refractivity contribution in [2.75, 3.05) is 29.5 Å². The third-order valence-electron chi connectivity index (χ3n) is 4.39. The van der Waals surface area contributed by atoms with Gasteiger partial charge in [0.25, 0.3) is 5.88 Å². The molecule has 2 aliphatic heterocycles. The molecule has 0 radical (unpaired) electrons. The minimum absolute atomic E-state index is 0.00941. The Balaban J connectivity index is 1.49. The van der Waals surface area contributed by atoms with Crippen LogP contribution < -0.4 is 14.5 Å². The summed E-state index contributed by atoms with van der Waals surface area (Å²) in [7, 11) is 0. The van der Waals surface area contributed by atoms with E-state index in [9.17, 15) is 18.4 Å². The van der Waals surface area contributed by atoms with E-state index >= 15 is 0 Å². The van der Waals surface area contributed by atoms with Crippen LogP contribution in [0.2, 0.25) is 0 Å². The van der Waals surface area contributed by atoms with Gasteiger partial charge in [-0.25, -0.2) is 13.6 Å². The molecule has 28 heavy (non-hydrogen) atoms. The molecule has 0 N–H and O–H groups in total. The molecule has 8 nitrogen and oxygen atoms in total. The molecule has 0 aliphatic carbocycles. The summed E-state index contributed by atoms with van der Waals surface area (Å²) in [6, 6.07) is 4.16. The first-order valence-corrected chi connectivity index (χ1v) is 8.50. The SMILES string of the molecule is O=C1C=CN(c2ccc(N3C[C@H](COc4ccon4)OC3=O)c(F)c2F)CC1. The van der Waals surface area contributed by atoms with Gasteiger partial charge in [0.1, 0.15) is 12.9 Å². The molecule has 4 rings (SSSR count). The van der Waals surface area contributed by atoms with Crippen LogP contribution in [0.1, 0.15) is 6.42 Å². The lowest BCUT2D eigenvalue weighted by Crippen LogP contribution is -2.29. The van der Waals surface area contributed by atoms with Gasteiger partial charge in [-0.2, -0.15) is 0 Å². The second kappa shape index (κ2) is 7.29. The largest absolute Gasteiger partial charge is 0.471 e. The van der Waals surface area contributed by atoms with Gasteiger partial charge >= 0.3 is 6.09 Å². The zero-order valence-corrected chi connectivity index (χ0v) is 14.5. The highest BCUT2D eigenvalue weighted by Crippen LogP contribution is 2.32. The summed E-state index contributed by atoms with van der Waals surface area (Å²) in [5.74, 6) is -2.12. The Morgan fingerprint density at radius 3 is 2.68 bits per heavy atom. The van der Waals surface area contributed by atoms with E-state index in [-0.39, 0.29) is 49.2 Å². The van der Waals surface area contributed by atoms with Crippen LogP contribution >= 0.6 is 0 Å². The summed E-state index contributed by atoms with van der Waals surface area (Å²) in [6.07, 6.45) is 2.78. The van der Waals surface area contributed by atoms with Crippen LogP contribution in [0.15, 0.2) is 41.3 Å². The van der Waals surface area contributed by atoms with Crippen LogP contribution in [-0.4, -0.2) is 42.8 Å². The maximum atomic E-state index is 14.7. The lowest BCUT2D eigenvalue weighted by Gasteiger charge is -2.24. The Morgan fingerprint density at radius 2 is 1.96 bits per heavy atom. The highest BCUT2D eigenvalue weighted by molar-refractivity contribution is 5.92. The fraction of sp³-hybridized carbons (Fsp3) is 0.278. The lowest BCUT2D eigenvalue weighted by molar-refractivity contribution is -0.114. The Kier molecular flexibility index (Phi) is 4.68. The summed E-state index contributed by atoms with van der Waals surface area (Å²) in [4.78, 5) is 25.8. The normalized spacial score (nSPS) is 19.3. The molecule has 0 spiro atoms. The molecular weight excluding hydrogens is 376 g/mol. The summed E-state index contributed by atoms with van der Waals surface area (Å²) >= 11 is 0. The van der Waals surface area contributed by atoms with E-state index in [2.05, 4.69) is 9.68 Å². The van der Waals surface area contributed by atoms with Crippen molar-refractivity contribution in [2.24, 2.45) is 0 Å². The van der Waals surface area contributed by atoms with Crippen molar-refractivity contribution in [2.45, 2.75) is 12.5 Å². The number of cyclic esters (lactones) is 1. The molecule has 0 saturated carbocycles. The summed E-state index contributed by atoms with van der Waals surface area (Å²) in [6.45, 7) is 0.228. The highest BCUT2D eigenvalue weighted by atomic mass is 19.2. The number of anilines is 2. The van der Waals surface area contributed by atoms with Crippen molar-refractivity contribution in [3.63, 3.8) is 0 Å². The summed E-state index contributed by atoms with van der Waals surface area (Å²) < 4.78 is 44.3. The number of hydrogen-bond acceptors (Lipinski definition) is 7. The van der Waals surface area contributed by atoms with Crippen LogP contribution in [-0.2, 0) is 9.53 Å². The third-order valence-corrected chi connectivity index (χ3v) is 4.39. The number of halogens is 2. The molecule has 0 unspecified atom stereocenters. The first-order chi connectivity index (χ1) is 13.5. The number of hydrogen-bond donors (Lipinski definition) is 0. The van der Waals surface area contributed by atoms with Crippen molar-refractivity contribution >= 4 is 23.3 Å². The second-order valence-electron chi connectivity index (χ2n) is 6.22. The van der Waals surface area contributed by atoms with Gasteiger partial charge in [0.05, 0.1) is 17.9 Å². The Hall–Kier alpha value is -3.43. The van der Waals surface area contributed by atoms with Gasteiger partial charge in [-0.05, 0) is 23.4 Å². The van der Waals surface area contributed by atoms with Crippen molar-refractivity contribution in [1.82, 2.24) is 5.16 Å². The zero-order valence-electron chi connectivity index (χ0n) is 14.5. The topological polar surface area (TPSA) is 85.1 Å². The first-order valence-electron chi connectivity index (χ1n) is 8.50. The van der Waals surface area contributed by atoms with Crippen molar-refractivity contribution in [3.05, 3.63) is 48.4 Å². The number of carbonyl (C=O) groups is 2. The fourth-order valence-corrected chi connectivity index (χ4v) is 2.98. The van der Waals surface area contributed by atoms with Crippen molar-refractivity contribution < 1.29 is 32.4 Å². The number of amides is 1. The van der Waals surface area contributed by atoms with E-state index in [1.165, 1.54) is 41.6 Å². The molecule has 1 fully saturated rings. The molecule has 1 aromatic carbocycles. The lowest BCUT2D eigenvalue weighted by atomic mass is 10.1. The average molecular weight is 391 g/mol. The molecule has 0 bridgehead atoms. The predicted molar refractivity (Wildman–Crippen MR) is 92.1 cm³/mol. The molecule has 3 heterocycles. The monoisotopic (exact) mass is 391 g/mol. The van der Waals surface area contributed by atoms with Crippen LogP contribution in [0.5, 0.6) is 5.88 Å². The van der Waals surface area contributed by atoms with Crippen LogP contribution in [0.4, 0.5) is 25.0 Å². The van der Waals surface area contributed by atoms with E-state index in [0.29, 0.717) is 0 Å². The number of ketones is 1. The number of benzene rings is 1. The van der Waals surface area contributed by atoms with Crippen LogP contribution in [0, 0.1) is 11.6 Å². The second-order valence-corrected chi connectivity index (χ2v) is 6.22. The standard InChI is InChI=1S/C18H15F2N3O5/c19-16-13(22-6-3-11(24)4-7-22)1-2-14(17(16)20)23-9-12(28-18(23)25)10-26-15-5-8-27-21-15/h1-3,5-6,8,12H,4,7,9-10H2/t12-/m1/s1. The van der Waals surface area contributed by atoms with E-state index in [4.69, 9.17) is 9.47 Å². The van der Waals surface area contributed by atoms with Gasteiger partial charge in [-0.1, -0.05) is 0 Å². The zero-order chi connectivity index (χ0) is 19.7. The van der Waals surface area contributed by atoms with E-state index in [1.54, 1.807) is 0 Å². The number of allylic oxidation sites excluding steroid dienone is 1. The quantitative estimate of drug-likeness (QED) is 0.775. The Bertz CT molecular complexity index is 932. The minimum atomic E-state index is -1.17. The van der Waals surface area contributed by atoms with Crippen LogP contribution in [0.25, 0.3) is 0 Å². The molecule has 1 aromatic heterocycles. The number of nitrogens with zero attached hydrogens (tertiary/aromatic N) is 3. The van der Waals surface area contributed by atoms with Crippen molar-refractivity contribution in [1.29, 1.82) is 0 Å². The molecular formula is C18H15F2N3O5. The summed E-state index contributed by atoms with van der Waals surface area (Å²) in [5.41, 5.74) is -0.240. The van der Waals surface area contributed by atoms with E-state index < -0.39 is 23.8 Å². The van der Waals surface area contributed by atoms with E-state index in [0.717, 1.165) is 4.90 Å². The van der Waals surface area contributed by atoms with Gasteiger partial charge < -0.3 is 18.9 Å². The van der Waals surface area contributed by atoms with Gasteiger partial charge in [-0.15, -0.1) is 0 Å².